The van der Waals surface area contributed by atoms with E-state index in [9.17, 15) is 18.5 Å². The van der Waals surface area contributed by atoms with Crippen LogP contribution in [0.3, 0.4) is 0 Å². The molecule has 0 aromatic heterocycles. The van der Waals surface area contributed by atoms with Gasteiger partial charge in [-0.3, -0.25) is 10.1 Å². The van der Waals surface area contributed by atoms with Crippen LogP contribution in [0.4, 0.5) is 5.69 Å². The summed E-state index contributed by atoms with van der Waals surface area (Å²) in [6.45, 7) is 2.24. The Morgan fingerprint density at radius 2 is 2.07 bits per heavy atom. The van der Waals surface area contributed by atoms with Crippen molar-refractivity contribution in [2.24, 2.45) is 5.10 Å². The number of sulfonamides is 1. The SMILES string of the molecule is CCOc1cc(/C=N/NS(=O)(=O)c2cccc([N+](=O)[O-])c2)cc(Br)c1OC. The van der Waals surface area contributed by atoms with Gasteiger partial charge in [0, 0.05) is 12.1 Å². The van der Waals surface area contributed by atoms with E-state index in [0.717, 1.165) is 6.07 Å². The molecule has 0 bridgehead atoms. The number of nitro groups is 1. The van der Waals surface area contributed by atoms with Gasteiger partial charge in [0.1, 0.15) is 0 Å². The van der Waals surface area contributed by atoms with Crippen molar-refractivity contribution in [3.8, 4) is 11.5 Å². The fourth-order valence-electron chi connectivity index (χ4n) is 2.11. The van der Waals surface area contributed by atoms with E-state index >= 15 is 0 Å². The molecule has 0 aliphatic carbocycles. The van der Waals surface area contributed by atoms with Crippen LogP contribution in [0.5, 0.6) is 11.5 Å². The molecule has 0 amide bonds. The van der Waals surface area contributed by atoms with Crippen LogP contribution in [0.25, 0.3) is 0 Å². The minimum atomic E-state index is -4.05. The number of hydrazone groups is 1. The van der Waals surface area contributed by atoms with E-state index in [1.807, 2.05) is 11.8 Å². The van der Waals surface area contributed by atoms with Crippen molar-refractivity contribution in [2.45, 2.75) is 11.8 Å². The maximum absolute atomic E-state index is 12.2. The first-order valence-corrected chi connectivity index (χ1v) is 9.85. The van der Waals surface area contributed by atoms with Gasteiger partial charge in [-0.1, -0.05) is 6.07 Å². The zero-order chi connectivity index (χ0) is 20.0. The van der Waals surface area contributed by atoms with E-state index in [4.69, 9.17) is 9.47 Å². The minimum Gasteiger partial charge on any atom is -0.492 e. The van der Waals surface area contributed by atoms with E-state index < -0.39 is 14.9 Å². The molecule has 9 nitrogen and oxygen atoms in total. The second kappa shape index (κ2) is 8.82. The quantitative estimate of drug-likeness (QED) is 0.369. The summed E-state index contributed by atoms with van der Waals surface area (Å²) in [7, 11) is -2.55. The number of ether oxygens (including phenoxy) is 2. The molecule has 0 unspecified atom stereocenters. The smallest absolute Gasteiger partial charge is 0.276 e. The third-order valence-electron chi connectivity index (χ3n) is 3.26. The Kier molecular flexibility index (Phi) is 6.75. The van der Waals surface area contributed by atoms with E-state index in [0.29, 0.717) is 28.1 Å². The normalized spacial score (nSPS) is 11.4. The van der Waals surface area contributed by atoms with Crippen LogP contribution in [0.1, 0.15) is 12.5 Å². The van der Waals surface area contributed by atoms with Crippen LogP contribution in [0, 0.1) is 10.1 Å². The molecule has 0 radical (unpaired) electrons. The topological polar surface area (TPSA) is 120 Å². The van der Waals surface area contributed by atoms with E-state index in [1.54, 1.807) is 12.1 Å². The highest BCUT2D eigenvalue weighted by Gasteiger charge is 2.17. The summed E-state index contributed by atoms with van der Waals surface area (Å²) in [5, 5.41) is 14.5. The number of nitro benzene ring substituents is 1. The summed E-state index contributed by atoms with van der Waals surface area (Å²) in [4.78, 5) is 11.9. The molecule has 0 atom stereocenters. The zero-order valence-electron chi connectivity index (χ0n) is 14.4. The highest BCUT2D eigenvalue weighted by molar-refractivity contribution is 9.10. The number of methoxy groups -OCH3 is 1. The van der Waals surface area contributed by atoms with Crippen LogP contribution >= 0.6 is 15.9 Å². The fraction of sp³-hybridized carbons (Fsp3) is 0.188. The predicted molar refractivity (Wildman–Crippen MR) is 103 cm³/mol. The van der Waals surface area contributed by atoms with Crippen molar-refractivity contribution in [3.63, 3.8) is 0 Å². The number of non-ortho nitro benzene ring substituents is 1. The highest BCUT2D eigenvalue weighted by atomic mass is 79.9. The van der Waals surface area contributed by atoms with Gasteiger partial charge in [-0.15, -0.1) is 0 Å². The summed E-state index contributed by atoms with van der Waals surface area (Å²) < 4.78 is 35.8. The highest BCUT2D eigenvalue weighted by Crippen LogP contribution is 2.36. The van der Waals surface area contributed by atoms with Crippen molar-refractivity contribution >= 4 is 37.9 Å². The maximum atomic E-state index is 12.2. The van der Waals surface area contributed by atoms with Gasteiger partial charge in [-0.05, 0) is 46.6 Å². The molecular formula is C16H16BrN3O6S. The van der Waals surface area contributed by atoms with E-state index in [2.05, 4.69) is 21.0 Å². The molecule has 0 aliphatic heterocycles. The lowest BCUT2D eigenvalue weighted by Crippen LogP contribution is -2.18. The van der Waals surface area contributed by atoms with Crippen LogP contribution in [0.2, 0.25) is 0 Å². The number of benzene rings is 2. The molecule has 144 valence electrons. The van der Waals surface area contributed by atoms with Gasteiger partial charge in [-0.2, -0.15) is 13.5 Å². The van der Waals surface area contributed by atoms with Crippen molar-refractivity contribution in [1.82, 2.24) is 4.83 Å². The Bertz CT molecular complexity index is 978. The monoisotopic (exact) mass is 457 g/mol. The van der Waals surface area contributed by atoms with Crippen LogP contribution in [0.15, 0.2) is 50.9 Å². The van der Waals surface area contributed by atoms with Crippen LogP contribution in [-0.2, 0) is 10.0 Å². The Labute approximate surface area is 164 Å². The van der Waals surface area contributed by atoms with Crippen LogP contribution in [-0.4, -0.2) is 33.3 Å². The summed E-state index contributed by atoms with van der Waals surface area (Å²) in [5.74, 6) is 0.976. The lowest BCUT2D eigenvalue weighted by molar-refractivity contribution is -0.385. The molecule has 11 heteroatoms. The largest absolute Gasteiger partial charge is 0.492 e. The molecule has 0 saturated carbocycles. The molecule has 0 saturated heterocycles. The summed E-state index contributed by atoms with van der Waals surface area (Å²) >= 11 is 3.35. The second-order valence-corrected chi connectivity index (χ2v) is 7.59. The van der Waals surface area contributed by atoms with Crippen molar-refractivity contribution in [3.05, 3.63) is 56.5 Å². The minimum absolute atomic E-state index is 0.264. The lowest BCUT2D eigenvalue weighted by atomic mass is 10.2. The van der Waals surface area contributed by atoms with Crippen molar-refractivity contribution < 1.29 is 22.8 Å². The molecular weight excluding hydrogens is 442 g/mol. The zero-order valence-corrected chi connectivity index (χ0v) is 16.8. The van der Waals surface area contributed by atoms with Crippen molar-refractivity contribution in [2.75, 3.05) is 13.7 Å². The number of hydrogen-bond donors (Lipinski definition) is 1. The summed E-state index contributed by atoms with van der Waals surface area (Å²) in [5.41, 5.74) is 0.218. The molecule has 1 N–H and O–H groups in total. The third-order valence-corrected chi connectivity index (χ3v) is 5.07. The van der Waals surface area contributed by atoms with Gasteiger partial charge < -0.3 is 9.47 Å². The van der Waals surface area contributed by atoms with Gasteiger partial charge in [0.25, 0.3) is 15.7 Å². The number of hydrogen-bond acceptors (Lipinski definition) is 7. The average Bonchev–Trinajstić information content (AvgIpc) is 2.62. The molecule has 0 heterocycles. The first-order chi connectivity index (χ1) is 12.8. The summed E-state index contributed by atoms with van der Waals surface area (Å²) in [6.07, 6.45) is 1.28. The Hall–Kier alpha value is -2.66. The molecule has 0 spiro atoms. The number of nitrogens with zero attached hydrogens (tertiary/aromatic N) is 2. The number of halogens is 1. The lowest BCUT2D eigenvalue weighted by Gasteiger charge is -2.11. The fourth-order valence-corrected chi connectivity index (χ4v) is 3.56. The van der Waals surface area contributed by atoms with Crippen LogP contribution < -0.4 is 14.3 Å². The van der Waals surface area contributed by atoms with Gasteiger partial charge in [-0.25, -0.2) is 4.83 Å². The predicted octanol–water partition coefficient (Wildman–Crippen LogP) is 3.08. The third kappa shape index (κ3) is 5.17. The Morgan fingerprint density at radius 3 is 2.70 bits per heavy atom. The van der Waals surface area contributed by atoms with Gasteiger partial charge in [0.15, 0.2) is 11.5 Å². The first-order valence-electron chi connectivity index (χ1n) is 7.58. The molecule has 2 aromatic rings. The van der Waals surface area contributed by atoms with E-state index in [1.165, 1.54) is 31.5 Å². The first kappa shape index (κ1) is 20.6. The van der Waals surface area contributed by atoms with Gasteiger partial charge >= 0.3 is 0 Å². The second-order valence-electron chi connectivity index (χ2n) is 5.07. The molecule has 0 aliphatic rings. The molecule has 27 heavy (non-hydrogen) atoms. The maximum Gasteiger partial charge on any atom is 0.276 e. The Balaban J connectivity index is 2.24. The molecule has 2 aromatic carbocycles. The average molecular weight is 458 g/mol. The van der Waals surface area contributed by atoms with Crippen molar-refractivity contribution in [1.29, 1.82) is 0 Å². The van der Waals surface area contributed by atoms with E-state index in [-0.39, 0.29) is 10.6 Å². The summed E-state index contributed by atoms with van der Waals surface area (Å²) in [6, 6.07) is 7.99. The molecule has 2 rings (SSSR count). The Morgan fingerprint density at radius 1 is 1.33 bits per heavy atom. The van der Waals surface area contributed by atoms with Gasteiger partial charge in [0.05, 0.1) is 34.2 Å². The molecule has 0 fully saturated rings. The number of nitrogens with one attached hydrogen (secondary N) is 1. The van der Waals surface area contributed by atoms with Gasteiger partial charge in [0.2, 0.25) is 0 Å². The number of rotatable bonds is 8. The standard InChI is InChI=1S/C16H16BrN3O6S/c1-3-26-15-8-11(7-14(17)16(15)25-2)10-18-19-27(23,24)13-6-4-5-12(9-13)20(21)22/h4-10,19H,3H2,1-2H3/b18-10+.